The number of nitrogens with zero attached hydrogens (tertiary/aromatic N) is 4. The number of rotatable bonds is 3. The average Bonchev–Trinajstić information content (AvgIpc) is 3.04. The minimum Gasteiger partial charge on any atom is -0.381 e. The monoisotopic (exact) mass is 303 g/mol. The van der Waals surface area contributed by atoms with Crippen LogP contribution in [-0.2, 0) is 18.8 Å². The molecule has 0 spiro atoms. The van der Waals surface area contributed by atoms with Gasteiger partial charge in [0.05, 0.1) is 24.1 Å². The number of aromatic nitrogens is 4. The van der Waals surface area contributed by atoms with E-state index in [0.29, 0.717) is 23.9 Å². The molecule has 7 nitrogen and oxygen atoms in total. The SMILES string of the molecule is Cc1c(C(=O)Nc2cc(C3CCCOC3)nn2C)cnn1C. The lowest BCUT2D eigenvalue weighted by molar-refractivity contribution is 0.0791. The van der Waals surface area contributed by atoms with Crippen molar-refractivity contribution in [2.45, 2.75) is 25.7 Å². The van der Waals surface area contributed by atoms with E-state index in [4.69, 9.17) is 4.74 Å². The predicted octanol–water partition coefficient (Wildman–Crippen LogP) is 1.61. The average molecular weight is 303 g/mol. The fourth-order valence-electron chi connectivity index (χ4n) is 2.69. The van der Waals surface area contributed by atoms with Gasteiger partial charge in [-0.1, -0.05) is 0 Å². The molecule has 0 radical (unpaired) electrons. The maximum atomic E-state index is 12.4. The number of carbonyl (C=O) groups is 1. The highest BCUT2D eigenvalue weighted by atomic mass is 16.5. The summed E-state index contributed by atoms with van der Waals surface area (Å²) in [6.45, 7) is 3.40. The maximum absolute atomic E-state index is 12.4. The molecule has 1 aliphatic rings. The molecular formula is C15H21N5O2. The Balaban J connectivity index is 1.76. The number of nitrogens with one attached hydrogen (secondary N) is 1. The van der Waals surface area contributed by atoms with Gasteiger partial charge in [0.2, 0.25) is 0 Å². The molecule has 1 fully saturated rings. The summed E-state index contributed by atoms with van der Waals surface area (Å²) in [6.07, 6.45) is 3.71. The summed E-state index contributed by atoms with van der Waals surface area (Å²) in [5, 5.41) is 11.5. The Bertz CT molecular complexity index is 682. The summed E-state index contributed by atoms with van der Waals surface area (Å²) in [6, 6.07) is 1.93. The van der Waals surface area contributed by atoms with Gasteiger partial charge in [0.1, 0.15) is 5.82 Å². The van der Waals surface area contributed by atoms with E-state index in [1.165, 1.54) is 0 Å². The number of hydrogen-bond acceptors (Lipinski definition) is 4. The van der Waals surface area contributed by atoms with E-state index in [0.717, 1.165) is 30.8 Å². The van der Waals surface area contributed by atoms with Crippen LogP contribution in [0, 0.1) is 6.92 Å². The third kappa shape index (κ3) is 2.76. The zero-order valence-electron chi connectivity index (χ0n) is 13.2. The Morgan fingerprint density at radius 2 is 2.23 bits per heavy atom. The summed E-state index contributed by atoms with van der Waals surface area (Å²) in [5.41, 5.74) is 2.38. The first-order valence-electron chi connectivity index (χ1n) is 7.48. The van der Waals surface area contributed by atoms with Crippen LogP contribution >= 0.6 is 0 Å². The maximum Gasteiger partial charge on any atom is 0.260 e. The zero-order chi connectivity index (χ0) is 15.7. The lowest BCUT2D eigenvalue weighted by Crippen LogP contribution is -2.16. The fraction of sp³-hybridized carbons (Fsp3) is 0.533. The highest BCUT2D eigenvalue weighted by molar-refractivity contribution is 6.04. The molecule has 0 aliphatic carbocycles. The molecule has 3 heterocycles. The highest BCUT2D eigenvalue weighted by Gasteiger charge is 2.21. The summed E-state index contributed by atoms with van der Waals surface area (Å²) >= 11 is 0. The molecule has 1 saturated heterocycles. The van der Waals surface area contributed by atoms with Crippen molar-refractivity contribution in [2.24, 2.45) is 14.1 Å². The second-order valence-electron chi connectivity index (χ2n) is 5.71. The van der Waals surface area contributed by atoms with Gasteiger partial charge < -0.3 is 10.1 Å². The molecule has 1 amide bonds. The van der Waals surface area contributed by atoms with Gasteiger partial charge in [0, 0.05) is 38.4 Å². The summed E-state index contributed by atoms with van der Waals surface area (Å²) in [7, 11) is 3.65. The fourth-order valence-corrected chi connectivity index (χ4v) is 2.69. The minimum absolute atomic E-state index is 0.167. The Kier molecular flexibility index (Phi) is 3.98. The topological polar surface area (TPSA) is 74.0 Å². The van der Waals surface area contributed by atoms with Crippen LogP contribution in [0.3, 0.4) is 0 Å². The van der Waals surface area contributed by atoms with Crippen LogP contribution in [0.2, 0.25) is 0 Å². The predicted molar refractivity (Wildman–Crippen MR) is 81.9 cm³/mol. The number of ether oxygens (including phenoxy) is 1. The van der Waals surface area contributed by atoms with Crippen LogP contribution in [0.4, 0.5) is 5.82 Å². The Hall–Kier alpha value is -2.15. The van der Waals surface area contributed by atoms with Crippen molar-refractivity contribution in [2.75, 3.05) is 18.5 Å². The lowest BCUT2D eigenvalue weighted by Gasteiger charge is -2.19. The van der Waals surface area contributed by atoms with Crippen LogP contribution in [0.1, 0.15) is 40.5 Å². The minimum atomic E-state index is -0.167. The van der Waals surface area contributed by atoms with Crippen molar-refractivity contribution in [3.05, 3.63) is 29.2 Å². The number of anilines is 1. The van der Waals surface area contributed by atoms with Gasteiger partial charge in [-0.3, -0.25) is 14.2 Å². The van der Waals surface area contributed by atoms with E-state index < -0.39 is 0 Å². The molecule has 7 heteroatoms. The van der Waals surface area contributed by atoms with E-state index in [-0.39, 0.29) is 5.91 Å². The normalized spacial score (nSPS) is 18.4. The Labute approximate surface area is 129 Å². The Morgan fingerprint density at radius 3 is 2.86 bits per heavy atom. The van der Waals surface area contributed by atoms with Gasteiger partial charge >= 0.3 is 0 Å². The first-order chi connectivity index (χ1) is 10.6. The van der Waals surface area contributed by atoms with Crippen LogP contribution in [-0.4, -0.2) is 38.7 Å². The molecular weight excluding hydrogens is 282 g/mol. The van der Waals surface area contributed by atoms with E-state index in [9.17, 15) is 4.79 Å². The van der Waals surface area contributed by atoms with Crippen LogP contribution < -0.4 is 5.32 Å². The van der Waals surface area contributed by atoms with E-state index >= 15 is 0 Å². The van der Waals surface area contributed by atoms with E-state index in [1.807, 2.05) is 27.1 Å². The molecule has 3 rings (SSSR count). The van der Waals surface area contributed by atoms with Crippen molar-refractivity contribution >= 4 is 11.7 Å². The van der Waals surface area contributed by atoms with Crippen LogP contribution in [0.25, 0.3) is 0 Å². The molecule has 2 aromatic rings. The zero-order valence-corrected chi connectivity index (χ0v) is 13.2. The highest BCUT2D eigenvalue weighted by Crippen LogP contribution is 2.26. The quantitative estimate of drug-likeness (QED) is 0.935. The van der Waals surface area contributed by atoms with Gasteiger partial charge in [0.15, 0.2) is 0 Å². The van der Waals surface area contributed by atoms with Crippen molar-refractivity contribution < 1.29 is 9.53 Å². The third-order valence-corrected chi connectivity index (χ3v) is 4.20. The summed E-state index contributed by atoms with van der Waals surface area (Å²) < 4.78 is 8.89. The Morgan fingerprint density at radius 1 is 1.41 bits per heavy atom. The van der Waals surface area contributed by atoms with Crippen molar-refractivity contribution in [3.8, 4) is 0 Å². The number of carbonyl (C=O) groups excluding carboxylic acids is 1. The van der Waals surface area contributed by atoms with Gasteiger partial charge in [-0.25, -0.2) is 0 Å². The van der Waals surface area contributed by atoms with Crippen molar-refractivity contribution in [1.29, 1.82) is 0 Å². The molecule has 22 heavy (non-hydrogen) atoms. The van der Waals surface area contributed by atoms with Crippen LogP contribution in [0.5, 0.6) is 0 Å². The van der Waals surface area contributed by atoms with E-state index in [1.54, 1.807) is 15.6 Å². The molecule has 1 N–H and O–H groups in total. The van der Waals surface area contributed by atoms with Gasteiger partial charge in [-0.15, -0.1) is 0 Å². The van der Waals surface area contributed by atoms with Crippen molar-refractivity contribution in [1.82, 2.24) is 19.6 Å². The van der Waals surface area contributed by atoms with E-state index in [2.05, 4.69) is 15.5 Å². The molecule has 2 aromatic heterocycles. The molecule has 0 saturated carbocycles. The lowest BCUT2D eigenvalue weighted by atomic mass is 9.99. The molecule has 1 aliphatic heterocycles. The van der Waals surface area contributed by atoms with Gasteiger partial charge in [-0.05, 0) is 19.8 Å². The first kappa shape index (κ1) is 14.8. The smallest absolute Gasteiger partial charge is 0.260 e. The molecule has 1 unspecified atom stereocenters. The summed E-state index contributed by atoms with van der Waals surface area (Å²) in [5.74, 6) is 0.833. The standard InChI is InChI=1S/C15H21N5O2/c1-10-12(8-16-19(10)2)15(21)17-14-7-13(18-20(14)3)11-5-4-6-22-9-11/h7-8,11H,4-6,9H2,1-3H3,(H,17,21). The van der Waals surface area contributed by atoms with Gasteiger partial charge in [0.25, 0.3) is 5.91 Å². The van der Waals surface area contributed by atoms with Gasteiger partial charge in [-0.2, -0.15) is 10.2 Å². The number of amides is 1. The third-order valence-electron chi connectivity index (χ3n) is 4.20. The van der Waals surface area contributed by atoms with Crippen LogP contribution in [0.15, 0.2) is 12.3 Å². The largest absolute Gasteiger partial charge is 0.381 e. The van der Waals surface area contributed by atoms with Crippen molar-refractivity contribution in [3.63, 3.8) is 0 Å². The molecule has 0 bridgehead atoms. The number of aryl methyl sites for hydroxylation is 2. The second kappa shape index (κ2) is 5.92. The second-order valence-corrected chi connectivity index (χ2v) is 5.71. The first-order valence-corrected chi connectivity index (χ1v) is 7.48. The summed E-state index contributed by atoms with van der Waals surface area (Å²) in [4.78, 5) is 12.4. The molecule has 118 valence electrons. The molecule has 1 atom stereocenters. The molecule has 0 aromatic carbocycles. The number of hydrogen-bond donors (Lipinski definition) is 1.